The van der Waals surface area contributed by atoms with Gasteiger partial charge in [0.15, 0.2) is 0 Å². The highest BCUT2D eigenvalue weighted by molar-refractivity contribution is 14.1. The summed E-state index contributed by atoms with van der Waals surface area (Å²) in [6, 6.07) is 17.8. The molecule has 1 unspecified atom stereocenters. The average molecular weight is 377 g/mol. The largest absolute Gasteiger partial charge is 0.346 e. The van der Waals surface area contributed by atoms with Crippen LogP contribution in [-0.4, -0.2) is 5.91 Å². The van der Waals surface area contributed by atoms with E-state index in [1.165, 1.54) is 0 Å². The minimum Gasteiger partial charge on any atom is -0.346 e. The Morgan fingerprint density at radius 2 is 1.75 bits per heavy atom. The van der Waals surface area contributed by atoms with E-state index in [-0.39, 0.29) is 11.9 Å². The Bertz CT molecular complexity index is 607. The normalized spacial score (nSPS) is 12.3. The molecule has 0 heterocycles. The number of hydrogen-bond donors (Lipinski definition) is 1. The first kappa shape index (κ1) is 14.8. The summed E-state index contributed by atoms with van der Waals surface area (Å²) in [5.74, 6) is -0.0824. The molecular weight excluding hydrogens is 361 g/mol. The molecule has 1 amide bonds. The van der Waals surface area contributed by atoms with Crippen LogP contribution < -0.4 is 5.32 Å². The van der Waals surface area contributed by atoms with Gasteiger partial charge < -0.3 is 5.32 Å². The molecule has 3 heteroatoms. The first-order chi connectivity index (χ1) is 9.66. The van der Waals surface area contributed by atoms with Crippen molar-refractivity contribution in [2.75, 3.05) is 0 Å². The first-order valence-electron chi connectivity index (χ1n) is 6.45. The van der Waals surface area contributed by atoms with Crippen molar-refractivity contribution in [1.82, 2.24) is 5.32 Å². The van der Waals surface area contributed by atoms with Crippen LogP contribution in [0.5, 0.6) is 0 Å². The number of benzene rings is 2. The molecule has 0 fully saturated rings. The molecule has 0 aliphatic carbocycles. The monoisotopic (exact) mass is 377 g/mol. The number of carbonyl (C=O) groups is 1. The molecule has 0 aliphatic rings. The zero-order chi connectivity index (χ0) is 14.4. The van der Waals surface area contributed by atoms with E-state index in [9.17, 15) is 4.79 Å². The van der Waals surface area contributed by atoms with E-state index in [4.69, 9.17) is 0 Å². The second-order valence-corrected chi connectivity index (χ2v) is 5.66. The maximum atomic E-state index is 11.9. The van der Waals surface area contributed by atoms with Gasteiger partial charge in [-0.25, -0.2) is 0 Å². The lowest BCUT2D eigenvalue weighted by atomic mass is 10.1. The quantitative estimate of drug-likeness (QED) is 0.629. The SMILES string of the molecule is CC(NC(=O)C=Cc1ccccc1)c1ccccc1I. The van der Waals surface area contributed by atoms with Crippen molar-refractivity contribution in [3.05, 3.63) is 75.4 Å². The van der Waals surface area contributed by atoms with Gasteiger partial charge in [0, 0.05) is 9.65 Å². The predicted octanol–water partition coefficient (Wildman–Crippen LogP) is 4.18. The highest BCUT2D eigenvalue weighted by Crippen LogP contribution is 2.19. The van der Waals surface area contributed by atoms with E-state index in [1.54, 1.807) is 6.08 Å². The van der Waals surface area contributed by atoms with Crippen LogP contribution in [-0.2, 0) is 4.79 Å². The van der Waals surface area contributed by atoms with Gasteiger partial charge in [-0.2, -0.15) is 0 Å². The Balaban J connectivity index is 1.98. The third-order valence-corrected chi connectivity index (χ3v) is 3.94. The van der Waals surface area contributed by atoms with Crippen LogP contribution in [0.1, 0.15) is 24.1 Å². The standard InChI is InChI=1S/C17H16INO/c1-13(15-9-5-6-10-16(15)18)19-17(20)12-11-14-7-3-2-4-8-14/h2-13H,1H3,(H,19,20). The van der Waals surface area contributed by atoms with Gasteiger partial charge in [-0.05, 0) is 52.8 Å². The summed E-state index contributed by atoms with van der Waals surface area (Å²) < 4.78 is 1.16. The van der Waals surface area contributed by atoms with Crippen LogP contribution in [0.4, 0.5) is 0 Å². The Kier molecular flexibility index (Phi) is 5.35. The van der Waals surface area contributed by atoms with E-state index in [0.717, 1.165) is 14.7 Å². The second-order valence-electron chi connectivity index (χ2n) is 4.50. The van der Waals surface area contributed by atoms with Crippen molar-refractivity contribution >= 4 is 34.6 Å². The van der Waals surface area contributed by atoms with Crippen LogP contribution in [0.2, 0.25) is 0 Å². The zero-order valence-corrected chi connectivity index (χ0v) is 13.4. The maximum absolute atomic E-state index is 11.9. The summed E-state index contributed by atoms with van der Waals surface area (Å²) in [7, 11) is 0. The molecule has 20 heavy (non-hydrogen) atoms. The van der Waals surface area contributed by atoms with Gasteiger partial charge in [-0.1, -0.05) is 48.5 Å². The van der Waals surface area contributed by atoms with E-state index in [2.05, 4.69) is 27.9 Å². The molecule has 2 aromatic carbocycles. The number of hydrogen-bond acceptors (Lipinski definition) is 1. The third kappa shape index (κ3) is 4.20. The molecule has 102 valence electrons. The molecule has 0 aliphatic heterocycles. The van der Waals surface area contributed by atoms with Gasteiger partial charge in [0.2, 0.25) is 5.91 Å². The Hall–Kier alpha value is -1.62. The summed E-state index contributed by atoms with van der Waals surface area (Å²) in [5.41, 5.74) is 2.15. The van der Waals surface area contributed by atoms with Crippen molar-refractivity contribution in [1.29, 1.82) is 0 Å². The minimum atomic E-state index is -0.0824. The summed E-state index contributed by atoms with van der Waals surface area (Å²) >= 11 is 2.28. The number of amides is 1. The van der Waals surface area contributed by atoms with Crippen molar-refractivity contribution in [3.8, 4) is 0 Å². The Morgan fingerprint density at radius 1 is 1.10 bits per heavy atom. The minimum absolute atomic E-state index is 0.00368. The summed E-state index contributed by atoms with van der Waals surface area (Å²) in [5, 5.41) is 2.98. The van der Waals surface area contributed by atoms with Crippen LogP contribution >= 0.6 is 22.6 Å². The smallest absolute Gasteiger partial charge is 0.244 e. The number of carbonyl (C=O) groups excluding carboxylic acids is 1. The van der Waals surface area contributed by atoms with Crippen molar-refractivity contribution in [2.24, 2.45) is 0 Å². The fourth-order valence-electron chi connectivity index (χ4n) is 1.90. The lowest BCUT2D eigenvalue weighted by Crippen LogP contribution is -2.25. The Morgan fingerprint density at radius 3 is 2.45 bits per heavy atom. The summed E-state index contributed by atoms with van der Waals surface area (Å²) in [4.78, 5) is 11.9. The highest BCUT2D eigenvalue weighted by Gasteiger charge is 2.09. The van der Waals surface area contributed by atoms with E-state index < -0.39 is 0 Å². The fraction of sp³-hybridized carbons (Fsp3) is 0.118. The average Bonchev–Trinajstić information content (AvgIpc) is 2.46. The van der Waals surface area contributed by atoms with Gasteiger partial charge in [-0.15, -0.1) is 0 Å². The fourth-order valence-corrected chi connectivity index (χ4v) is 2.76. The number of nitrogens with one attached hydrogen (secondary N) is 1. The second kappa shape index (κ2) is 7.24. The molecule has 0 spiro atoms. The topological polar surface area (TPSA) is 29.1 Å². The molecule has 2 aromatic rings. The number of rotatable bonds is 4. The van der Waals surface area contributed by atoms with E-state index in [0.29, 0.717) is 0 Å². The van der Waals surface area contributed by atoms with E-state index >= 15 is 0 Å². The molecule has 0 saturated carbocycles. The lowest BCUT2D eigenvalue weighted by molar-refractivity contribution is -0.117. The third-order valence-electron chi connectivity index (χ3n) is 2.96. The molecular formula is C17H16INO. The molecule has 0 aromatic heterocycles. The first-order valence-corrected chi connectivity index (χ1v) is 7.53. The van der Waals surface area contributed by atoms with Gasteiger partial charge >= 0.3 is 0 Å². The van der Waals surface area contributed by atoms with Crippen molar-refractivity contribution < 1.29 is 4.79 Å². The van der Waals surface area contributed by atoms with Gasteiger partial charge in [0.25, 0.3) is 0 Å². The lowest BCUT2D eigenvalue weighted by Gasteiger charge is -2.14. The molecule has 1 N–H and O–H groups in total. The summed E-state index contributed by atoms with van der Waals surface area (Å²) in [6.45, 7) is 1.99. The zero-order valence-electron chi connectivity index (χ0n) is 11.2. The van der Waals surface area contributed by atoms with Gasteiger partial charge in [-0.3, -0.25) is 4.79 Å². The molecule has 1 atom stereocenters. The molecule has 2 rings (SSSR count). The van der Waals surface area contributed by atoms with Crippen molar-refractivity contribution in [2.45, 2.75) is 13.0 Å². The van der Waals surface area contributed by atoms with E-state index in [1.807, 2.05) is 67.6 Å². The summed E-state index contributed by atoms with van der Waals surface area (Å²) in [6.07, 6.45) is 3.39. The molecule has 0 radical (unpaired) electrons. The van der Waals surface area contributed by atoms with Crippen LogP contribution in [0, 0.1) is 3.57 Å². The van der Waals surface area contributed by atoms with Gasteiger partial charge in [0.1, 0.15) is 0 Å². The van der Waals surface area contributed by atoms with Crippen LogP contribution in [0.3, 0.4) is 0 Å². The van der Waals surface area contributed by atoms with Crippen molar-refractivity contribution in [3.63, 3.8) is 0 Å². The number of halogens is 1. The predicted molar refractivity (Wildman–Crippen MR) is 91.2 cm³/mol. The Labute approximate surface area is 133 Å². The van der Waals surface area contributed by atoms with Gasteiger partial charge in [0.05, 0.1) is 6.04 Å². The van der Waals surface area contributed by atoms with Crippen LogP contribution in [0.25, 0.3) is 6.08 Å². The highest BCUT2D eigenvalue weighted by atomic mass is 127. The molecule has 0 bridgehead atoms. The molecule has 0 saturated heterocycles. The molecule has 2 nitrogen and oxygen atoms in total. The maximum Gasteiger partial charge on any atom is 0.244 e. The van der Waals surface area contributed by atoms with Crippen LogP contribution in [0.15, 0.2) is 60.7 Å².